The van der Waals surface area contributed by atoms with E-state index in [0.29, 0.717) is 44.8 Å². The summed E-state index contributed by atoms with van der Waals surface area (Å²) in [5, 5.41) is 2.76. The Kier molecular flexibility index (Phi) is 7.06. The molecule has 0 spiro atoms. The fourth-order valence-electron chi connectivity index (χ4n) is 4.47. The van der Waals surface area contributed by atoms with Crippen LogP contribution in [-0.2, 0) is 19.6 Å². The summed E-state index contributed by atoms with van der Waals surface area (Å²) in [7, 11) is -3.65. The van der Waals surface area contributed by atoms with E-state index in [2.05, 4.69) is 17.1 Å². The molecule has 1 N–H and O–H groups in total. The minimum Gasteiger partial charge on any atom is -0.325 e. The summed E-state index contributed by atoms with van der Waals surface area (Å²) >= 11 is 0. The molecule has 0 bridgehead atoms. The first kappa shape index (κ1) is 24.4. The summed E-state index contributed by atoms with van der Waals surface area (Å²) < 4.78 is 27.7. The second-order valence-electron chi connectivity index (χ2n) is 8.96. The number of carbonyl (C=O) groups is 2. The van der Waals surface area contributed by atoms with Gasteiger partial charge < -0.3 is 15.1 Å². The molecule has 2 aliphatic heterocycles. The molecule has 4 rings (SSSR count). The molecule has 0 aromatic heterocycles. The van der Waals surface area contributed by atoms with Crippen molar-refractivity contribution < 1.29 is 18.0 Å². The van der Waals surface area contributed by atoms with Crippen LogP contribution in [0.15, 0.2) is 47.4 Å². The highest BCUT2D eigenvalue weighted by Crippen LogP contribution is 2.28. The van der Waals surface area contributed by atoms with Gasteiger partial charge in [-0.15, -0.1) is 0 Å². The number of benzene rings is 2. The third-order valence-corrected chi connectivity index (χ3v) is 8.74. The van der Waals surface area contributed by atoms with Crippen molar-refractivity contribution in [1.82, 2.24) is 9.21 Å². The SMILES string of the molecule is CCN1CCN(S(=O)(=O)c2cccc(NC(=O)C3CCN(c4ccc(C)c(C)c4)C3=O)c2)CC1. The van der Waals surface area contributed by atoms with Crippen LogP contribution in [0.5, 0.6) is 0 Å². The lowest BCUT2D eigenvalue weighted by molar-refractivity contribution is -0.129. The van der Waals surface area contributed by atoms with Crippen LogP contribution in [0, 0.1) is 19.8 Å². The topological polar surface area (TPSA) is 90.0 Å². The van der Waals surface area contributed by atoms with Crippen LogP contribution < -0.4 is 10.2 Å². The number of hydrogen-bond donors (Lipinski definition) is 1. The number of piperazine rings is 1. The average molecular weight is 485 g/mol. The number of amides is 2. The van der Waals surface area contributed by atoms with Gasteiger partial charge in [-0.2, -0.15) is 4.31 Å². The minimum absolute atomic E-state index is 0.143. The second kappa shape index (κ2) is 9.85. The summed E-state index contributed by atoms with van der Waals surface area (Å²) in [4.78, 5) is 29.9. The molecule has 2 heterocycles. The first-order chi connectivity index (χ1) is 16.2. The van der Waals surface area contributed by atoms with E-state index < -0.39 is 21.8 Å². The van der Waals surface area contributed by atoms with E-state index in [4.69, 9.17) is 0 Å². The number of anilines is 2. The number of likely N-dealkylation sites (N-methyl/N-ethyl adjacent to an activating group) is 1. The quantitative estimate of drug-likeness (QED) is 0.637. The van der Waals surface area contributed by atoms with Gasteiger partial charge in [0.05, 0.1) is 4.90 Å². The monoisotopic (exact) mass is 484 g/mol. The van der Waals surface area contributed by atoms with E-state index in [-0.39, 0.29) is 10.8 Å². The third kappa shape index (κ3) is 4.87. The molecule has 0 radical (unpaired) electrons. The summed E-state index contributed by atoms with van der Waals surface area (Å²) in [6.45, 7) is 9.73. The molecule has 0 saturated carbocycles. The van der Waals surface area contributed by atoms with Crippen LogP contribution in [-0.4, -0.2) is 68.7 Å². The molecule has 0 aliphatic carbocycles. The van der Waals surface area contributed by atoms with Crippen molar-refractivity contribution in [1.29, 1.82) is 0 Å². The number of nitrogens with one attached hydrogen (secondary N) is 1. The van der Waals surface area contributed by atoms with Gasteiger partial charge in [0.1, 0.15) is 5.92 Å². The van der Waals surface area contributed by atoms with Crippen LogP contribution in [0.2, 0.25) is 0 Å². The molecule has 2 fully saturated rings. The van der Waals surface area contributed by atoms with Crippen molar-refractivity contribution in [3.63, 3.8) is 0 Å². The first-order valence-electron chi connectivity index (χ1n) is 11.7. The van der Waals surface area contributed by atoms with Gasteiger partial charge >= 0.3 is 0 Å². The lowest BCUT2D eigenvalue weighted by Crippen LogP contribution is -2.48. The lowest BCUT2D eigenvalue weighted by Gasteiger charge is -2.33. The van der Waals surface area contributed by atoms with Crippen LogP contribution in [0.25, 0.3) is 0 Å². The van der Waals surface area contributed by atoms with Crippen molar-refractivity contribution >= 4 is 33.2 Å². The Hall–Kier alpha value is -2.75. The Bertz CT molecular complexity index is 1190. The zero-order valence-electron chi connectivity index (χ0n) is 20.0. The summed E-state index contributed by atoms with van der Waals surface area (Å²) in [6.07, 6.45) is 0.414. The molecule has 2 amide bonds. The highest BCUT2D eigenvalue weighted by molar-refractivity contribution is 7.89. The van der Waals surface area contributed by atoms with E-state index in [1.165, 1.54) is 10.4 Å². The number of sulfonamides is 1. The normalized spacial score (nSPS) is 20.0. The molecule has 1 atom stereocenters. The number of aryl methyl sites for hydroxylation is 2. The van der Waals surface area contributed by atoms with Gasteiger partial charge in [-0.25, -0.2) is 8.42 Å². The van der Waals surface area contributed by atoms with Gasteiger partial charge in [0.2, 0.25) is 21.8 Å². The smallest absolute Gasteiger partial charge is 0.243 e. The first-order valence-corrected chi connectivity index (χ1v) is 13.2. The minimum atomic E-state index is -3.65. The van der Waals surface area contributed by atoms with E-state index in [9.17, 15) is 18.0 Å². The molecule has 8 nitrogen and oxygen atoms in total. The van der Waals surface area contributed by atoms with Crippen LogP contribution in [0.1, 0.15) is 24.5 Å². The molecule has 182 valence electrons. The molecule has 2 aliphatic rings. The van der Waals surface area contributed by atoms with Crippen LogP contribution >= 0.6 is 0 Å². The predicted molar refractivity (Wildman–Crippen MR) is 132 cm³/mol. The Morgan fingerprint density at radius 2 is 1.74 bits per heavy atom. The summed E-state index contributed by atoms with van der Waals surface area (Å²) in [5.74, 6) is -1.45. The van der Waals surface area contributed by atoms with E-state index in [1.54, 1.807) is 23.1 Å². The zero-order chi connectivity index (χ0) is 24.5. The Labute approximate surface area is 201 Å². The average Bonchev–Trinajstić information content (AvgIpc) is 3.22. The Balaban J connectivity index is 1.44. The molecular formula is C25H32N4O4S. The Morgan fingerprint density at radius 3 is 2.41 bits per heavy atom. The number of carbonyl (C=O) groups excluding carboxylic acids is 2. The zero-order valence-corrected chi connectivity index (χ0v) is 20.8. The lowest BCUT2D eigenvalue weighted by atomic mass is 10.1. The molecule has 2 aromatic rings. The van der Waals surface area contributed by atoms with Crippen molar-refractivity contribution in [2.24, 2.45) is 5.92 Å². The fraction of sp³-hybridized carbons (Fsp3) is 0.440. The maximum atomic E-state index is 13.1. The largest absolute Gasteiger partial charge is 0.325 e. The van der Waals surface area contributed by atoms with Crippen molar-refractivity contribution in [3.8, 4) is 0 Å². The van der Waals surface area contributed by atoms with Gasteiger partial charge in [-0.05, 0) is 68.3 Å². The number of nitrogens with zero attached hydrogens (tertiary/aromatic N) is 3. The maximum absolute atomic E-state index is 13.1. The molecule has 2 saturated heterocycles. The van der Waals surface area contributed by atoms with Gasteiger partial charge in [0.15, 0.2) is 0 Å². The van der Waals surface area contributed by atoms with Gasteiger partial charge in [0, 0.05) is 44.1 Å². The standard InChI is InChI=1S/C25H32N4O4S/c1-4-27-12-14-28(15-13-27)34(32,33)22-7-5-6-20(17-22)26-24(30)23-10-11-29(25(23)31)21-9-8-18(2)19(3)16-21/h5-9,16-17,23H,4,10-15H2,1-3H3,(H,26,30). The number of rotatable bonds is 6. The fourth-order valence-corrected chi connectivity index (χ4v) is 5.94. The number of hydrogen-bond acceptors (Lipinski definition) is 5. The van der Waals surface area contributed by atoms with E-state index in [0.717, 1.165) is 23.4 Å². The molecule has 34 heavy (non-hydrogen) atoms. The molecule has 2 aromatic carbocycles. The van der Waals surface area contributed by atoms with E-state index >= 15 is 0 Å². The van der Waals surface area contributed by atoms with Gasteiger partial charge in [-0.3, -0.25) is 9.59 Å². The van der Waals surface area contributed by atoms with Crippen LogP contribution in [0.4, 0.5) is 11.4 Å². The maximum Gasteiger partial charge on any atom is 0.243 e. The molecular weight excluding hydrogens is 452 g/mol. The van der Waals surface area contributed by atoms with E-state index in [1.807, 2.05) is 32.0 Å². The van der Waals surface area contributed by atoms with Crippen molar-refractivity contribution in [3.05, 3.63) is 53.6 Å². The Morgan fingerprint density at radius 1 is 1.00 bits per heavy atom. The van der Waals surface area contributed by atoms with Crippen molar-refractivity contribution in [2.45, 2.75) is 32.1 Å². The molecule has 1 unspecified atom stereocenters. The summed E-state index contributed by atoms with van der Waals surface area (Å²) in [5.41, 5.74) is 3.40. The predicted octanol–water partition coefficient (Wildman–Crippen LogP) is 2.62. The van der Waals surface area contributed by atoms with Gasteiger partial charge in [-0.1, -0.05) is 19.1 Å². The molecule has 9 heteroatoms. The van der Waals surface area contributed by atoms with Gasteiger partial charge in [0.25, 0.3) is 0 Å². The second-order valence-corrected chi connectivity index (χ2v) is 10.9. The van der Waals surface area contributed by atoms with Crippen LogP contribution in [0.3, 0.4) is 0 Å². The highest BCUT2D eigenvalue weighted by Gasteiger charge is 2.38. The highest BCUT2D eigenvalue weighted by atomic mass is 32.2. The van der Waals surface area contributed by atoms with Crippen molar-refractivity contribution in [2.75, 3.05) is 49.5 Å². The summed E-state index contributed by atoms with van der Waals surface area (Å²) in [6, 6.07) is 12.1. The third-order valence-electron chi connectivity index (χ3n) is 6.84.